The van der Waals surface area contributed by atoms with Crippen LogP contribution >= 0.6 is 15.9 Å². The van der Waals surface area contributed by atoms with E-state index in [0.29, 0.717) is 12.0 Å². The van der Waals surface area contributed by atoms with E-state index in [4.69, 9.17) is 0 Å². The Morgan fingerprint density at radius 3 is 2.19 bits per heavy atom. The first kappa shape index (κ1) is 18.6. The SMILES string of the molecule is CCN(CC)C(CC)(CC)C(O)Cc1ccc(Br)cc1F. The van der Waals surface area contributed by atoms with E-state index in [1.807, 2.05) is 6.07 Å². The zero-order chi connectivity index (χ0) is 16.0. The van der Waals surface area contributed by atoms with Crippen LogP contribution < -0.4 is 0 Å². The molecule has 0 radical (unpaired) electrons. The molecule has 1 atom stereocenters. The summed E-state index contributed by atoms with van der Waals surface area (Å²) in [7, 11) is 0. The molecule has 21 heavy (non-hydrogen) atoms. The van der Waals surface area contributed by atoms with Gasteiger partial charge in [-0.2, -0.15) is 0 Å². The van der Waals surface area contributed by atoms with E-state index in [9.17, 15) is 9.50 Å². The third-order valence-electron chi connectivity index (χ3n) is 4.67. The van der Waals surface area contributed by atoms with E-state index in [1.54, 1.807) is 6.07 Å². The van der Waals surface area contributed by atoms with Crippen molar-refractivity contribution in [2.45, 2.75) is 58.6 Å². The quantitative estimate of drug-likeness (QED) is 0.743. The number of likely N-dealkylation sites (N-methyl/N-ethyl adjacent to an activating group) is 1. The largest absolute Gasteiger partial charge is 0.391 e. The number of aliphatic hydroxyl groups is 1. The van der Waals surface area contributed by atoms with Crippen LogP contribution in [-0.2, 0) is 6.42 Å². The molecule has 1 rings (SSSR count). The van der Waals surface area contributed by atoms with Gasteiger partial charge in [-0.1, -0.05) is 49.7 Å². The molecule has 0 spiro atoms. The zero-order valence-corrected chi connectivity index (χ0v) is 15.1. The lowest BCUT2D eigenvalue weighted by Crippen LogP contribution is -2.56. The minimum absolute atomic E-state index is 0.260. The highest BCUT2D eigenvalue weighted by Gasteiger charge is 2.39. The van der Waals surface area contributed by atoms with E-state index in [0.717, 1.165) is 30.4 Å². The molecule has 0 aliphatic heterocycles. The third kappa shape index (κ3) is 4.05. The summed E-state index contributed by atoms with van der Waals surface area (Å²) in [6.45, 7) is 10.2. The van der Waals surface area contributed by atoms with Gasteiger partial charge in [0.05, 0.1) is 6.10 Å². The van der Waals surface area contributed by atoms with Crippen LogP contribution in [0.4, 0.5) is 4.39 Å². The number of rotatable bonds is 8. The topological polar surface area (TPSA) is 23.5 Å². The number of aliphatic hydroxyl groups excluding tert-OH is 1. The molecule has 0 amide bonds. The molecule has 0 heterocycles. The van der Waals surface area contributed by atoms with Crippen molar-refractivity contribution in [2.24, 2.45) is 0 Å². The Morgan fingerprint density at radius 1 is 1.19 bits per heavy atom. The van der Waals surface area contributed by atoms with Gasteiger partial charge < -0.3 is 5.11 Å². The van der Waals surface area contributed by atoms with Gasteiger partial charge in [-0.3, -0.25) is 4.90 Å². The Bertz CT molecular complexity index is 444. The maximum Gasteiger partial charge on any atom is 0.127 e. The van der Waals surface area contributed by atoms with Crippen LogP contribution in [0.1, 0.15) is 46.1 Å². The fourth-order valence-corrected chi connectivity index (χ4v) is 3.65. The first-order valence-electron chi connectivity index (χ1n) is 7.82. The highest BCUT2D eigenvalue weighted by Crippen LogP contribution is 2.30. The van der Waals surface area contributed by atoms with E-state index in [-0.39, 0.29) is 11.4 Å². The standard InChI is InChI=1S/C17H27BrFNO/c1-5-17(6-2,20(7-3)8-4)16(21)11-13-9-10-14(18)12-15(13)19/h9-10,12,16,21H,5-8,11H2,1-4H3. The molecule has 2 nitrogen and oxygen atoms in total. The highest BCUT2D eigenvalue weighted by molar-refractivity contribution is 9.10. The summed E-state index contributed by atoms with van der Waals surface area (Å²) in [5.41, 5.74) is 0.285. The van der Waals surface area contributed by atoms with Gasteiger partial charge in [-0.05, 0) is 43.6 Å². The molecule has 4 heteroatoms. The maximum absolute atomic E-state index is 14.0. The summed E-state index contributed by atoms with van der Waals surface area (Å²) in [4.78, 5) is 2.30. The summed E-state index contributed by atoms with van der Waals surface area (Å²) >= 11 is 3.26. The van der Waals surface area contributed by atoms with Crippen molar-refractivity contribution in [3.63, 3.8) is 0 Å². The Morgan fingerprint density at radius 2 is 1.76 bits per heavy atom. The predicted octanol–water partition coefficient (Wildman–Crippen LogP) is 4.39. The van der Waals surface area contributed by atoms with E-state index >= 15 is 0 Å². The molecule has 0 aliphatic carbocycles. The fourth-order valence-electron chi connectivity index (χ4n) is 3.32. The Hall–Kier alpha value is -0.450. The van der Waals surface area contributed by atoms with E-state index in [2.05, 4.69) is 48.5 Å². The molecule has 120 valence electrons. The van der Waals surface area contributed by atoms with Crippen molar-refractivity contribution in [1.29, 1.82) is 0 Å². The number of benzene rings is 1. The van der Waals surface area contributed by atoms with Crippen molar-refractivity contribution < 1.29 is 9.50 Å². The molecule has 1 aromatic carbocycles. The summed E-state index contributed by atoms with van der Waals surface area (Å²) in [6.07, 6.45) is 1.47. The molecular formula is C17H27BrFNO. The van der Waals surface area contributed by atoms with Gasteiger partial charge in [-0.15, -0.1) is 0 Å². The second kappa shape index (κ2) is 8.25. The van der Waals surface area contributed by atoms with Gasteiger partial charge in [0.2, 0.25) is 0 Å². The van der Waals surface area contributed by atoms with Crippen LogP contribution in [0.2, 0.25) is 0 Å². The van der Waals surface area contributed by atoms with Crippen molar-refractivity contribution in [1.82, 2.24) is 4.90 Å². The van der Waals surface area contributed by atoms with Crippen molar-refractivity contribution in [2.75, 3.05) is 13.1 Å². The highest BCUT2D eigenvalue weighted by atomic mass is 79.9. The molecular weight excluding hydrogens is 333 g/mol. The molecule has 0 saturated heterocycles. The molecule has 0 fully saturated rings. The lowest BCUT2D eigenvalue weighted by Gasteiger charge is -2.46. The predicted molar refractivity (Wildman–Crippen MR) is 90.0 cm³/mol. The van der Waals surface area contributed by atoms with E-state index < -0.39 is 6.10 Å². The monoisotopic (exact) mass is 359 g/mol. The number of hydrogen-bond acceptors (Lipinski definition) is 2. The molecule has 0 aliphatic rings. The minimum Gasteiger partial charge on any atom is -0.391 e. The normalized spacial score (nSPS) is 13.7. The summed E-state index contributed by atoms with van der Waals surface area (Å²) in [6, 6.07) is 5.03. The lowest BCUT2D eigenvalue weighted by atomic mass is 9.81. The van der Waals surface area contributed by atoms with E-state index in [1.165, 1.54) is 6.07 Å². The molecule has 1 N–H and O–H groups in total. The van der Waals surface area contributed by atoms with Crippen LogP contribution in [0.15, 0.2) is 22.7 Å². The average molecular weight is 360 g/mol. The van der Waals surface area contributed by atoms with Gasteiger partial charge in [0.15, 0.2) is 0 Å². The number of halogens is 2. The first-order chi connectivity index (χ1) is 9.94. The van der Waals surface area contributed by atoms with Crippen LogP contribution in [0.5, 0.6) is 0 Å². The first-order valence-corrected chi connectivity index (χ1v) is 8.61. The summed E-state index contributed by atoms with van der Waals surface area (Å²) < 4.78 is 14.7. The Balaban J connectivity index is 3.03. The molecule has 1 unspecified atom stereocenters. The van der Waals surface area contributed by atoms with Crippen molar-refractivity contribution in [3.05, 3.63) is 34.1 Å². The Kier molecular flexibility index (Phi) is 7.31. The summed E-state index contributed by atoms with van der Waals surface area (Å²) in [5, 5.41) is 10.8. The van der Waals surface area contributed by atoms with Crippen molar-refractivity contribution >= 4 is 15.9 Å². The van der Waals surface area contributed by atoms with Gasteiger partial charge >= 0.3 is 0 Å². The molecule has 0 aromatic heterocycles. The van der Waals surface area contributed by atoms with Gasteiger partial charge in [0.25, 0.3) is 0 Å². The second-order valence-corrected chi connectivity index (χ2v) is 6.35. The van der Waals surface area contributed by atoms with Gasteiger partial charge in [0.1, 0.15) is 5.82 Å². The average Bonchev–Trinajstić information content (AvgIpc) is 2.47. The number of nitrogens with zero attached hydrogens (tertiary/aromatic N) is 1. The summed E-state index contributed by atoms with van der Waals surface area (Å²) in [5.74, 6) is -0.260. The molecule has 0 bridgehead atoms. The second-order valence-electron chi connectivity index (χ2n) is 5.44. The fraction of sp³-hybridized carbons (Fsp3) is 0.647. The van der Waals surface area contributed by atoms with Crippen LogP contribution in [-0.4, -0.2) is 34.7 Å². The smallest absolute Gasteiger partial charge is 0.127 e. The van der Waals surface area contributed by atoms with Crippen LogP contribution in [0, 0.1) is 5.82 Å². The maximum atomic E-state index is 14.0. The van der Waals surface area contributed by atoms with Crippen LogP contribution in [0.3, 0.4) is 0 Å². The lowest BCUT2D eigenvalue weighted by molar-refractivity contribution is -0.0344. The Labute approximate surface area is 136 Å². The molecule has 0 saturated carbocycles. The van der Waals surface area contributed by atoms with Gasteiger partial charge in [0, 0.05) is 16.4 Å². The third-order valence-corrected chi connectivity index (χ3v) is 5.16. The zero-order valence-electron chi connectivity index (χ0n) is 13.5. The van der Waals surface area contributed by atoms with Crippen molar-refractivity contribution in [3.8, 4) is 0 Å². The minimum atomic E-state index is -0.580. The molecule has 1 aromatic rings. The van der Waals surface area contributed by atoms with Gasteiger partial charge in [-0.25, -0.2) is 4.39 Å². The number of hydrogen-bond donors (Lipinski definition) is 1. The van der Waals surface area contributed by atoms with Crippen LogP contribution in [0.25, 0.3) is 0 Å².